The molecular formula is C16H19N3O4. The number of amides is 1. The van der Waals surface area contributed by atoms with Crippen LogP contribution in [0.5, 0.6) is 5.75 Å². The molecule has 0 spiro atoms. The highest BCUT2D eigenvalue weighted by Gasteiger charge is 2.19. The smallest absolute Gasteiger partial charge is 0.343 e. The van der Waals surface area contributed by atoms with Gasteiger partial charge in [-0.05, 0) is 24.6 Å². The first-order valence-corrected chi connectivity index (χ1v) is 7.17. The van der Waals surface area contributed by atoms with Crippen LogP contribution in [-0.2, 0) is 23.0 Å². The van der Waals surface area contributed by atoms with Crippen LogP contribution in [0.4, 0.5) is 5.82 Å². The summed E-state index contributed by atoms with van der Waals surface area (Å²) in [6.45, 7) is 1.98. The van der Waals surface area contributed by atoms with Gasteiger partial charge in [-0.25, -0.2) is 4.79 Å². The van der Waals surface area contributed by atoms with Crippen LogP contribution < -0.4 is 10.1 Å². The van der Waals surface area contributed by atoms with Crippen LogP contribution in [0.25, 0.3) is 0 Å². The Kier molecular flexibility index (Phi) is 5.35. The van der Waals surface area contributed by atoms with Crippen molar-refractivity contribution in [1.82, 2.24) is 9.78 Å². The number of nitrogens with zero attached hydrogens (tertiary/aromatic N) is 2. The molecule has 1 N–H and O–H groups in total. The Morgan fingerprint density at radius 1 is 1.26 bits per heavy atom. The van der Waals surface area contributed by atoms with Crippen molar-refractivity contribution in [3.8, 4) is 5.75 Å². The zero-order valence-electron chi connectivity index (χ0n) is 13.3. The number of aryl methyl sites for hydroxylation is 1. The number of carbonyl (C=O) groups excluding carboxylic acids is 2. The van der Waals surface area contributed by atoms with Gasteiger partial charge < -0.3 is 14.8 Å². The molecule has 0 aliphatic carbocycles. The van der Waals surface area contributed by atoms with Gasteiger partial charge in [0.1, 0.15) is 17.1 Å². The topological polar surface area (TPSA) is 82.5 Å². The minimum Gasteiger partial charge on any atom is -0.497 e. The molecule has 7 heteroatoms. The van der Waals surface area contributed by atoms with E-state index in [0.717, 1.165) is 11.3 Å². The van der Waals surface area contributed by atoms with Gasteiger partial charge in [-0.3, -0.25) is 9.48 Å². The highest BCUT2D eigenvalue weighted by molar-refractivity contribution is 6.00. The second kappa shape index (κ2) is 7.44. The maximum absolute atomic E-state index is 12.2. The highest BCUT2D eigenvalue weighted by atomic mass is 16.5. The average Bonchev–Trinajstić information content (AvgIpc) is 2.89. The summed E-state index contributed by atoms with van der Waals surface area (Å²) in [5.41, 5.74) is 1.07. The fraction of sp³-hybridized carbons (Fsp3) is 0.312. The molecule has 0 saturated carbocycles. The lowest BCUT2D eigenvalue weighted by atomic mass is 10.1. The summed E-state index contributed by atoms with van der Waals surface area (Å²) in [7, 11) is 3.23. The molecule has 1 heterocycles. The summed E-state index contributed by atoms with van der Waals surface area (Å²) in [6.07, 6.45) is 1.55. The molecule has 1 aromatic heterocycles. The van der Waals surface area contributed by atoms with Crippen molar-refractivity contribution < 1.29 is 19.1 Å². The van der Waals surface area contributed by atoms with Crippen LogP contribution in [0.2, 0.25) is 0 Å². The Morgan fingerprint density at radius 3 is 2.57 bits per heavy atom. The van der Waals surface area contributed by atoms with Crippen LogP contribution in [-0.4, -0.2) is 35.4 Å². The average molecular weight is 317 g/mol. The molecule has 0 saturated heterocycles. The fourth-order valence-corrected chi connectivity index (χ4v) is 2.05. The summed E-state index contributed by atoms with van der Waals surface area (Å²) >= 11 is 0. The zero-order chi connectivity index (χ0) is 16.8. The first-order valence-electron chi connectivity index (χ1n) is 7.17. The molecule has 1 amide bonds. The number of benzene rings is 1. The number of hydrogen-bond donors (Lipinski definition) is 1. The molecule has 7 nitrogen and oxygen atoms in total. The third-order valence-corrected chi connectivity index (χ3v) is 3.22. The lowest BCUT2D eigenvalue weighted by Crippen LogP contribution is -2.19. The maximum atomic E-state index is 12.2. The monoisotopic (exact) mass is 317 g/mol. The second-order valence-corrected chi connectivity index (χ2v) is 4.82. The normalized spacial score (nSPS) is 10.2. The molecule has 2 rings (SSSR count). The van der Waals surface area contributed by atoms with Gasteiger partial charge in [0, 0.05) is 7.05 Å². The van der Waals surface area contributed by atoms with E-state index >= 15 is 0 Å². The molecule has 0 unspecified atom stereocenters. The molecule has 2 aromatic rings. The van der Waals surface area contributed by atoms with Crippen LogP contribution >= 0.6 is 0 Å². The Labute approximate surface area is 134 Å². The largest absolute Gasteiger partial charge is 0.497 e. The Hall–Kier alpha value is -2.83. The van der Waals surface area contributed by atoms with Gasteiger partial charge in [0.15, 0.2) is 0 Å². The molecule has 0 fully saturated rings. The first kappa shape index (κ1) is 16.5. The van der Waals surface area contributed by atoms with Crippen molar-refractivity contribution in [2.75, 3.05) is 19.0 Å². The molecule has 0 atom stereocenters. The summed E-state index contributed by atoms with van der Waals surface area (Å²) in [5.74, 6) is 0.289. The van der Waals surface area contributed by atoms with Crippen molar-refractivity contribution in [1.29, 1.82) is 0 Å². The van der Waals surface area contributed by atoms with Gasteiger partial charge in [0.05, 0.1) is 26.3 Å². The van der Waals surface area contributed by atoms with E-state index in [2.05, 4.69) is 10.4 Å². The predicted molar refractivity (Wildman–Crippen MR) is 84.5 cm³/mol. The number of anilines is 1. The number of aromatic nitrogens is 2. The van der Waals surface area contributed by atoms with Crippen molar-refractivity contribution in [2.45, 2.75) is 13.3 Å². The number of ether oxygens (including phenoxy) is 2. The molecule has 23 heavy (non-hydrogen) atoms. The molecule has 1 aromatic carbocycles. The maximum Gasteiger partial charge on any atom is 0.343 e. The van der Waals surface area contributed by atoms with E-state index in [0.29, 0.717) is 5.82 Å². The highest BCUT2D eigenvalue weighted by Crippen LogP contribution is 2.17. The first-order chi connectivity index (χ1) is 11.0. The van der Waals surface area contributed by atoms with Gasteiger partial charge in [-0.1, -0.05) is 12.1 Å². The predicted octanol–water partition coefficient (Wildman–Crippen LogP) is 1.79. The third kappa shape index (κ3) is 4.09. The fourth-order valence-electron chi connectivity index (χ4n) is 2.05. The van der Waals surface area contributed by atoms with Crippen LogP contribution in [0.15, 0.2) is 30.5 Å². The summed E-state index contributed by atoms with van der Waals surface area (Å²) < 4.78 is 11.5. The van der Waals surface area contributed by atoms with E-state index in [1.54, 1.807) is 33.2 Å². The number of methoxy groups -OCH3 is 1. The van der Waals surface area contributed by atoms with Crippen molar-refractivity contribution in [3.05, 3.63) is 41.6 Å². The second-order valence-electron chi connectivity index (χ2n) is 4.82. The number of carbonyl (C=O) groups is 2. The van der Waals surface area contributed by atoms with Gasteiger partial charge in [0.2, 0.25) is 5.91 Å². The Morgan fingerprint density at radius 2 is 1.96 bits per heavy atom. The summed E-state index contributed by atoms with van der Waals surface area (Å²) in [5, 5.41) is 6.69. The quantitative estimate of drug-likeness (QED) is 0.821. The zero-order valence-corrected chi connectivity index (χ0v) is 13.3. The Bertz CT molecular complexity index is 692. The van der Waals surface area contributed by atoms with E-state index in [1.807, 2.05) is 12.1 Å². The minimum absolute atomic E-state index is 0.178. The van der Waals surface area contributed by atoms with Crippen molar-refractivity contribution >= 4 is 17.7 Å². The number of hydrogen-bond acceptors (Lipinski definition) is 5. The van der Waals surface area contributed by atoms with Gasteiger partial charge >= 0.3 is 5.97 Å². The van der Waals surface area contributed by atoms with E-state index in [-0.39, 0.29) is 24.5 Å². The Balaban J connectivity index is 2.07. The van der Waals surface area contributed by atoms with Crippen molar-refractivity contribution in [2.24, 2.45) is 7.05 Å². The molecule has 0 aliphatic rings. The molecule has 0 bridgehead atoms. The lowest BCUT2D eigenvalue weighted by molar-refractivity contribution is -0.115. The van der Waals surface area contributed by atoms with Gasteiger partial charge in [0.25, 0.3) is 0 Å². The lowest BCUT2D eigenvalue weighted by Gasteiger charge is -2.08. The van der Waals surface area contributed by atoms with Gasteiger partial charge in [-0.15, -0.1) is 0 Å². The van der Waals surface area contributed by atoms with Crippen LogP contribution in [0.3, 0.4) is 0 Å². The molecule has 0 aliphatic heterocycles. The third-order valence-electron chi connectivity index (χ3n) is 3.22. The molecular weight excluding hydrogens is 298 g/mol. The number of nitrogens with one attached hydrogen (secondary N) is 1. The van der Waals surface area contributed by atoms with Crippen molar-refractivity contribution in [3.63, 3.8) is 0 Å². The van der Waals surface area contributed by atoms with E-state index < -0.39 is 5.97 Å². The van der Waals surface area contributed by atoms with E-state index in [9.17, 15) is 9.59 Å². The molecule has 122 valence electrons. The number of esters is 1. The SMILES string of the molecule is CCOC(=O)c1cnn(C)c1NC(=O)Cc1ccc(OC)cc1. The number of rotatable bonds is 6. The van der Waals surface area contributed by atoms with E-state index in [4.69, 9.17) is 9.47 Å². The minimum atomic E-state index is -0.514. The standard InChI is InChI=1S/C16H19N3O4/c1-4-23-16(21)13-10-17-19(2)15(13)18-14(20)9-11-5-7-12(22-3)8-6-11/h5-8,10H,4,9H2,1-3H3,(H,18,20). The summed E-state index contributed by atoms with van der Waals surface area (Å²) in [4.78, 5) is 24.0. The summed E-state index contributed by atoms with van der Waals surface area (Å²) in [6, 6.07) is 7.20. The molecule has 0 radical (unpaired) electrons. The van der Waals surface area contributed by atoms with Crippen LogP contribution in [0.1, 0.15) is 22.8 Å². The van der Waals surface area contributed by atoms with E-state index in [1.165, 1.54) is 10.9 Å². The van der Waals surface area contributed by atoms with Crippen LogP contribution in [0, 0.1) is 0 Å². The van der Waals surface area contributed by atoms with Gasteiger partial charge in [-0.2, -0.15) is 5.10 Å².